The molecule has 1 aliphatic rings. The Labute approximate surface area is 276 Å². The summed E-state index contributed by atoms with van der Waals surface area (Å²) in [5, 5.41) is 0. The van der Waals surface area contributed by atoms with E-state index < -0.39 is 12.0 Å². The summed E-state index contributed by atoms with van der Waals surface area (Å²) in [5.41, 5.74) is 3.18. The zero-order valence-electron chi connectivity index (χ0n) is 27.5. The molecule has 0 radical (unpaired) electrons. The molecule has 2 aromatic carbocycles. The predicted octanol–water partition coefficient (Wildman–Crippen LogP) is 5.73. The van der Waals surface area contributed by atoms with E-state index in [-0.39, 0.29) is 29.8 Å². The lowest BCUT2D eigenvalue weighted by Gasteiger charge is -2.27. The number of allylic oxidation sites excluding steroid dienone is 1. The van der Waals surface area contributed by atoms with Gasteiger partial charge in [-0.1, -0.05) is 30.7 Å². The Morgan fingerprint density at radius 3 is 2.49 bits per heavy atom. The highest BCUT2D eigenvalue weighted by Gasteiger charge is 2.36. The highest BCUT2D eigenvalue weighted by Crippen LogP contribution is 2.39. The smallest absolute Gasteiger partial charge is 0.338 e. The van der Waals surface area contributed by atoms with Gasteiger partial charge in [0.2, 0.25) is 0 Å². The molecular formula is C36H38N2O8S. The molecule has 0 fully saturated rings. The maximum atomic E-state index is 14.2. The van der Waals surface area contributed by atoms with Gasteiger partial charge >= 0.3 is 11.9 Å². The van der Waals surface area contributed by atoms with Crippen LogP contribution >= 0.6 is 11.3 Å². The van der Waals surface area contributed by atoms with E-state index in [0.29, 0.717) is 55.6 Å². The molecule has 5 rings (SSSR count). The molecule has 10 nitrogen and oxygen atoms in total. The molecule has 0 aliphatic carbocycles. The topological polar surface area (TPSA) is 119 Å². The number of furan rings is 1. The van der Waals surface area contributed by atoms with Crippen LogP contribution in [0.5, 0.6) is 11.5 Å². The molecule has 0 bridgehead atoms. The van der Waals surface area contributed by atoms with Crippen LogP contribution in [0.2, 0.25) is 0 Å². The van der Waals surface area contributed by atoms with Crippen molar-refractivity contribution in [2.45, 2.75) is 59.6 Å². The van der Waals surface area contributed by atoms with Crippen LogP contribution in [0.25, 0.3) is 17.4 Å². The maximum Gasteiger partial charge on any atom is 0.338 e. The Kier molecular flexibility index (Phi) is 10.1. The summed E-state index contributed by atoms with van der Waals surface area (Å²) in [7, 11) is 3.09. The van der Waals surface area contributed by atoms with Crippen molar-refractivity contribution in [3.05, 3.63) is 102 Å². The number of fused-ring (bicyclic) bond motifs is 1. The number of esters is 2. The van der Waals surface area contributed by atoms with Crippen LogP contribution in [0.3, 0.4) is 0 Å². The monoisotopic (exact) mass is 658 g/mol. The number of thiazole rings is 1. The van der Waals surface area contributed by atoms with Gasteiger partial charge in [-0.25, -0.2) is 14.6 Å². The third-order valence-electron chi connectivity index (χ3n) is 7.59. The number of ether oxygens (including phenoxy) is 4. The largest absolute Gasteiger partial charge is 0.497 e. The van der Waals surface area contributed by atoms with Crippen molar-refractivity contribution in [1.29, 1.82) is 0 Å². The van der Waals surface area contributed by atoms with Crippen LogP contribution < -0.4 is 24.4 Å². The van der Waals surface area contributed by atoms with E-state index in [9.17, 15) is 14.4 Å². The van der Waals surface area contributed by atoms with Crippen LogP contribution in [0, 0.1) is 6.92 Å². The zero-order valence-corrected chi connectivity index (χ0v) is 28.4. The van der Waals surface area contributed by atoms with E-state index in [4.69, 9.17) is 28.4 Å². The Morgan fingerprint density at radius 2 is 1.83 bits per heavy atom. The lowest BCUT2D eigenvalue weighted by molar-refractivity contribution is -0.139. The highest BCUT2D eigenvalue weighted by atomic mass is 32.1. The molecule has 0 amide bonds. The molecule has 1 aliphatic heterocycles. The van der Waals surface area contributed by atoms with E-state index in [1.54, 1.807) is 70.4 Å². The SMILES string of the molecule is CCCC1=C(C(=O)OCC)[C@H](c2cc(OC)ccc2OC)n2c(s/c(=C\c3ccc(-c4ccc(C(=O)OC(C)C)cc4C)o3)c2=O)=N1. The van der Waals surface area contributed by atoms with Crippen molar-refractivity contribution in [3.63, 3.8) is 0 Å². The summed E-state index contributed by atoms with van der Waals surface area (Å²) < 4.78 is 30.1. The lowest BCUT2D eigenvalue weighted by atomic mass is 9.93. The summed E-state index contributed by atoms with van der Waals surface area (Å²) in [6.45, 7) is 9.41. The minimum Gasteiger partial charge on any atom is -0.497 e. The van der Waals surface area contributed by atoms with Gasteiger partial charge in [0.1, 0.15) is 29.1 Å². The highest BCUT2D eigenvalue weighted by molar-refractivity contribution is 7.07. The average molecular weight is 659 g/mol. The molecule has 0 saturated carbocycles. The van der Waals surface area contributed by atoms with Gasteiger partial charge in [-0.2, -0.15) is 0 Å². The van der Waals surface area contributed by atoms with E-state index in [1.807, 2.05) is 26.0 Å². The molecule has 11 heteroatoms. The first-order valence-electron chi connectivity index (χ1n) is 15.5. The maximum absolute atomic E-state index is 14.2. The zero-order chi connectivity index (χ0) is 33.8. The van der Waals surface area contributed by atoms with Gasteiger partial charge in [0.15, 0.2) is 4.80 Å². The summed E-state index contributed by atoms with van der Waals surface area (Å²) in [6.07, 6.45) is 2.69. The van der Waals surface area contributed by atoms with Crippen LogP contribution in [-0.4, -0.2) is 43.4 Å². The summed E-state index contributed by atoms with van der Waals surface area (Å²) in [6, 6.07) is 13.3. The van der Waals surface area contributed by atoms with Crippen molar-refractivity contribution < 1.29 is 33.0 Å². The van der Waals surface area contributed by atoms with Gasteiger partial charge < -0.3 is 23.4 Å². The second kappa shape index (κ2) is 14.3. The number of benzene rings is 2. The molecule has 0 N–H and O–H groups in total. The molecule has 47 heavy (non-hydrogen) atoms. The fourth-order valence-electron chi connectivity index (χ4n) is 5.52. The fraction of sp³-hybridized carbons (Fsp3) is 0.333. The fourth-order valence-corrected chi connectivity index (χ4v) is 6.52. The quantitative estimate of drug-likeness (QED) is 0.188. The van der Waals surface area contributed by atoms with Gasteiger partial charge in [0.25, 0.3) is 5.56 Å². The van der Waals surface area contributed by atoms with Gasteiger partial charge in [0, 0.05) is 17.2 Å². The molecule has 2 aromatic heterocycles. The van der Waals surface area contributed by atoms with E-state index in [0.717, 1.165) is 17.5 Å². The number of nitrogens with zero attached hydrogens (tertiary/aromatic N) is 2. The number of rotatable bonds is 11. The first-order valence-corrected chi connectivity index (χ1v) is 16.3. The van der Waals surface area contributed by atoms with Crippen molar-refractivity contribution in [1.82, 2.24) is 4.57 Å². The van der Waals surface area contributed by atoms with Crippen molar-refractivity contribution in [2.24, 2.45) is 4.99 Å². The number of carbonyl (C=O) groups is 2. The molecule has 3 heterocycles. The van der Waals surface area contributed by atoms with Gasteiger partial charge in [-0.05, 0) is 82.1 Å². The number of hydrogen-bond acceptors (Lipinski definition) is 10. The summed E-state index contributed by atoms with van der Waals surface area (Å²) in [4.78, 5) is 45.4. The van der Waals surface area contributed by atoms with Crippen molar-refractivity contribution in [3.8, 4) is 22.8 Å². The number of aryl methyl sites for hydroxylation is 1. The lowest BCUT2D eigenvalue weighted by Crippen LogP contribution is -2.40. The van der Waals surface area contributed by atoms with Crippen LogP contribution in [-0.2, 0) is 14.3 Å². The predicted molar refractivity (Wildman–Crippen MR) is 179 cm³/mol. The normalized spacial score (nSPS) is 14.6. The summed E-state index contributed by atoms with van der Waals surface area (Å²) >= 11 is 1.21. The first kappa shape index (κ1) is 33.5. The Hall–Kier alpha value is -4.90. The van der Waals surface area contributed by atoms with E-state index >= 15 is 0 Å². The minimum atomic E-state index is -0.866. The third kappa shape index (κ3) is 6.80. The Balaban J connectivity index is 1.63. The number of carbonyl (C=O) groups excluding carboxylic acids is 2. The number of aromatic nitrogens is 1. The molecule has 4 aromatic rings. The van der Waals surface area contributed by atoms with E-state index in [1.165, 1.54) is 23.0 Å². The van der Waals surface area contributed by atoms with Gasteiger partial charge in [-0.3, -0.25) is 9.36 Å². The van der Waals surface area contributed by atoms with Crippen LogP contribution in [0.15, 0.2) is 74.0 Å². The van der Waals surface area contributed by atoms with Crippen molar-refractivity contribution >= 4 is 29.4 Å². The Bertz CT molecular complexity index is 2030. The molecule has 0 unspecified atom stereocenters. The van der Waals surface area contributed by atoms with Crippen LogP contribution in [0.1, 0.15) is 73.8 Å². The average Bonchev–Trinajstić information content (AvgIpc) is 3.63. The standard InChI is InChI=1S/C36H38N2O8S/c1-8-10-27-31(35(41)44-9-2)32(26-18-23(42-6)12-15-28(26)43-7)38-33(39)30(47-36(38)37-27)19-24-13-16-29(46-24)25-14-11-22(17-21(25)5)34(40)45-20(3)4/h11-20,32H,8-10H2,1-7H3/b30-19-/t32-/m0/s1. The second-order valence-electron chi connectivity index (χ2n) is 11.2. The van der Waals surface area contributed by atoms with Crippen LogP contribution in [0.4, 0.5) is 0 Å². The molecule has 1 atom stereocenters. The summed E-state index contributed by atoms with van der Waals surface area (Å²) in [5.74, 6) is 1.14. The molecule has 246 valence electrons. The van der Waals surface area contributed by atoms with E-state index in [2.05, 4.69) is 0 Å². The first-order chi connectivity index (χ1) is 22.6. The number of hydrogen-bond donors (Lipinski definition) is 0. The van der Waals surface area contributed by atoms with Gasteiger partial charge in [0.05, 0.1) is 48.3 Å². The molecular weight excluding hydrogens is 620 g/mol. The Morgan fingerprint density at radius 1 is 1.04 bits per heavy atom. The minimum absolute atomic E-state index is 0.166. The number of methoxy groups -OCH3 is 2. The van der Waals surface area contributed by atoms with Gasteiger partial charge in [-0.15, -0.1) is 0 Å². The molecule has 0 saturated heterocycles. The molecule has 0 spiro atoms. The second-order valence-corrected chi connectivity index (χ2v) is 12.2. The van der Waals surface area contributed by atoms with Crippen molar-refractivity contribution in [2.75, 3.05) is 20.8 Å². The third-order valence-corrected chi connectivity index (χ3v) is 8.58.